The molecule has 21 heavy (non-hydrogen) atoms. The van der Waals surface area contributed by atoms with Gasteiger partial charge in [-0.1, -0.05) is 66.7 Å². The number of benzene rings is 2. The quantitative estimate of drug-likeness (QED) is 0.772. The fourth-order valence-electron chi connectivity index (χ4n) is 2.51. The lowest BCUT2D eigenvalue weighted by Gasteiger charge is -2.33. The largest absolute Gasteiger partial charge is 0.391 e. The topological polar surface area (TPSA) is 20.2 Å². The molecule has 0 amide bonds. The van der Waals surface area contributed by atoms with Crippen LogP contribution in [0.3, 0.4) is 0 Å². The summed E-state index contributed by atoms with van der Waals surface area (Å²) in [5.74, 6) is 0. The van der Waals surface area contributed by atoms with Crippen LogP contribution >= 0.6 is 0 Å². The van der Waals surface area contributed by atoms with Gasteiger partial charge in [0.2, 0.25) is 0 Å². The predicted molar refractivity (Wildman–Crippen MR) is 88.6 cm³/mol. The normalized spacial score (nSPS) is 14.2. The summed E-state index contributed by atoms with van der Waals surface area (Å²) in [5.41, 5.74) is 2.52. The number of aliphatic hydroxyl groups is 1. The van der Waals surface area contributed by atoms with Crippen molar-refractivity contribution < 1.29 is 9.59 Å². The molecule has 1 N–H and O–H groups in total. The van der Waals surface area contributed by atoms with E-state index < -0.39 is 0 Å². The molecule has 0 aliphatic rings. The number of hydrogen-bond donors (Lipinski definition) is 1. The van der Waals surface area contributed by atoms with Crippen molar-refractivity contribution in [2.24, 2.45) is 0 Å². The molecule has 2 heteroatoms. The van der Waals surface area contributed by atoms with Gasteiger partial charge in [-0.3, -0.25) is 0 Å². The number of quaternary nitrogens is 1. The van der Waals surface area contributed by atoms with Crippen molar-refractivity contribution in [3.8, 4) is 0 Å². The van der Waals surface area contributed by atoms with Crippen molar-refractivity contribution in [2.75, 3.05) is 26.7 Å². The van der Waals surface area contributed by atoms with Crippen LogP contribution in [0.25, 0.3) is 6.08 Å². The zero-order chi connectivity index (χ0) is 15.0. The van der Waals surface area contributed by atoms with Crippen LogP contribution in [0.1, 0.15) is 11.1 Å². The summed E-state index contributed by atoms with van der Waals surface area (Å²) in [6, 6.07) is 20.8. The third-order valence-electron chi connectivity index (χ3n) is 3.70. The second kappa shape index (κ2) is 7.77. The molecule has 0 fully saturated rings. The molecule has 0 aromatic heterocycles. The van der Waals surface area contributed by atoms with Gasteiger partial charge >= 0.3 is 0 Å². The summed E-state index contributed by atoms with van der Waals surface area (Å²) in [7, 11) is 2.19. The Morgan fingerprint density at radius 2 is 1.57 bits per heavy atom. The van der Waals surface area contributed by atoms with E-state index in [1.807, 2.05) is 24.3 Å². The average Bonchev–Trinajstić information content (AvgIpc) is 2.49. The SMILES string of the molecule is C[N@+](C/C=C/c1ccccc1)(CCO)Cc1ccccc1. The fraction of sp³-hybridized carbons (Fsp3) is 0.263. The van der Waals surface area contributed by atoms with E-state index in [0.29, 0.717) is 0 Å². The number of nitrogens with zero attached hydrogens (tertiary/aromatic N) is 1. The molecule has 2 aromatic carbocycles. The van der Waals surface area contributed by atoms with E-state index in [0.717, 1.165) is 24.1 Å². The van der Waals surface area contributed by atoms with Gasteiger partial charge in [0.05, 0.1) is 20.2 Å². The minimum Gasteiger partial charge on any atom is -0.391 e. The highest BCUT2D eigenvalue weighted by molar-refractivity contribution is 5.48. The molecule has 0 unspecified atom stereocenters. The first-order valence-corrected chi connectivity index (χ1v) is 7.42. The summed E-state index contributed by atoms with van der Waals surface area (Å²) in [5, 5.41) is 9.36. The van der Waals surface area contributed by atoms with E-state index in [4.69, 9.17) is 0 Å². The summed E-state index contributed by atoms with van der Waals surface area (Å²) in [6.45, 7) is 2.81. The highest BCUT2D eigenvalue weighted by Crippen LogP contribution is 2.12. The lowest BCUT2D eigenvalue weighted by Crippen LogP contribution is -2.45. The van der Waals surface area contributed by atoms with Crippen LogP contribution in [0.4, 0.5) is 0 Å². The van der Waals surface area contributed by atoms with E-state index in [9.17, 15) is 5.11 Å². The third kappa shape index (κ3) is 5.18. The van der Waals surface area contributed by atoms with Crippen LogP contribution in [0.2, 0.25) is 0 Å². The molecule has 2 nitrogen and oxygen atoms in total. The van der Waals surface area contributed by atoms with Gasteiger partial charge in [-0.2, -0.15) is 0 Å². The summed E-state index contributed by atoms with van der Waals surface area (Å²) >= 11 is 0. The number of rotatable bonds is 7. The first kappa shape index (κ1) is 15.5. The molecule has 0 aliphatic heterocycles. The third-order valence-corrected chi connectivity index (χ3v) is 3.70. The van der Waals surface area contributed by atoms with Crippen LogP contribution in [-0.2, 0) is 6.54 Å². The van der Waals surface area contributed by atoms with Crippen molar-refractivity contribution in [1.29, 1.82) is 0 Å². The van der Waals surface area contributed by atoms with Crippen LogP contribution < -0.4 is 0 Å². The first-order chi connectivity index (χ1) is 10.2. The zero-order valence-corrected chi connectivity index (χ0v) is 12.7. The van der Waals surface area contributed by atoms with Crippen molar-refractivity contribution in [3.63, 3.8) is 0 Å². The Bertz CT molecular complexity index is 550. The molecule has 0 bridgehead atoms. The molecule has 2 rings (SSSR count). The Morgan fingerprint density at radius 1 is 0.952 bits per heavy atom. The Morgan fingerprint density at radius 3 is 2.19 bits per heavy atom. The molecule has 0 radical (unpaired) electrons. The molecular weight excluding hydrogens is 258 g/mol. The van der Waals surface area contributed by atoms with Crippen LogP contribution in [0.5, 0.6) is 0 Å². The Labute approximate surface area is 127 Å². The Balaban J connectivity index is 2.02. The average molecular weight is 282 g/mol. The van der Waals surface area contributed by atoms with Crippen molar-refractivity contribution >= 4 is 6.08 Å². The van der Waals surface area contributed by atoms with Gasteiger partial charge in [0.25, 0.3) is 0 Å². The van der Waals surface area contributed by atoms with E-state index in [1.54, 1.807) is 0 Å². The molecule has 0 aliphatic carbocycles. The molecule has 110 valence electrons. The molecule has 0 saturated heterocycles. The minimum atomic E-state index is 0.211. The van der Waals surface area contributed by atoms with Gasteiger partial charge in [-0.25, -0.2) is 0 Å². The van der Waals surface area contributed by atoms with Gasteiger partial charge < -0.3 is 9.59 Å². The molecule has 1 atom stereocenters. The summed E-state index contributed by atoms with van der Waals surface area (Å²) in [6.07, 6.45) is 4.35. The number of hydrogen-bond acceptors (Lipinski definition) is 1. The minimum absolute atomic E-state index is 0.211. The number of likely N-dealkylation sites (N-methyl/N-ethyl adjacent to an activating group) is 1. The first-order valence-electron chi connectivity index (χ1n) is 7.42. The second-order valence-electron chi connectivity index (χ2n) is 5.71. The van der Waals surface area contributed by atoms with Crippen LogP contribution in [-0.4, -0.2) is 36.3 Å². The van der Waals surface area contributed by atoms with Crippen molar-refractivity contribution in [3.05, 3.63) is 77.9 Å². The van der Waals surface area contributed by atoms with Gasteiger partial charge in [-0.05, 0) is 11.6 Å². The molecule has 0 saturated carbocycles. The van der Waals surface area contributed by atoms with E-state index in [2.05, 4.69) is 55.6 Å². The molecule has 0 spiro atoms. The van der Waals surface area contributed by atoms with E-state index in [1.165, 1.54) is 11.1 Å². The molecule has 2 aromatic rings. The van der Waals surface area contributed by atoms with Gasteiger partial charge in [0.15, 0.2) is 0 Å². The molecule has 0 heterocycles. The van der Waals surface area contributed by atoms with Gasteiger partial charge in [0.1, 0.15) is 13.1 Å². The smallest absolute Gasteiger partial charge is 0.104 e. The summed E-state index contributed by atoms with van der Waals surface area (Å²) in [4.78, 5) is 0. The van der Waals surface area contributed by atoms with Crippen molar-refractivity contribution in [1.82, 2.24) is 0 Å². The Hall–Kier alpha value is -1.90. The maximum atomic E-state index is 9.36. The lowest BCUT2D eigenvalue weighted by molar-refractivity contribution is -0.917. The van der Waals surface area contributed by atoms with Gasteiger partial charge in [-0.15, -0.1) is 0 Å². The van der Waals surface area contributed by atoms with Crippen LogP contribution in [0.15, 0.2) is 66.7 Å². The maximum absolute atomic E-state index is 9.36. The summed E-state index contributed by atoms with van der Waals surface area (Å²) < 4.78 is 0.809. The van der Waals surface area contributed by atoms with Gasteiger partial charge in [0, 0.05) is 5.56 Å². The fourth-order valence-corrected chi connectivity index (χ4v) is 2.51. The van der Waals surface area contributed by atoms with Crippen molar-refractivity contribution in [2.45, 2.75) is 6.54 Å². The lowest BCUT2D eigenvalue weighted by atomic mass is 10.1. The standard InChI is InChI=1S/C19H24NO/c1-20(15-16-21,17-19-11-6-3-7-12-19)14-8-13-18-9-4-2-5-10-18/h2-13,21H,14-17H2,1H3/q+1/b13-8+/t20-/m0/s1. The zero-order valence-electron chi connectivity index (χ0n) is 12.7. The van der Waals surface area contributed by atoms with Crippen LogP contribution in [0, 0.1) is 0 Å². The van der Waals surface area contributed by atoms with E-state index in [-0.39, 0.29) is 6.61 Å². The van der Waals surface area contributed by atoms with E-state index >= 15 is 0 Å². The number of aliphatic hydroxyl groups excluding tert-OH is 1. The molecular formula is C19H24NO+. The maximum Gasteiger partial charge on any atom is 0.104 e. The monoisotopic (exact) mass is 282 g/mol. The predicted octanol–water partition coefficient (Wildman–Crippen LogP) is 3.34. The Kier molecular flexibility index (Phi) is 5.73. The highest BCUT2D eigenvalue weighted by Gasteiger charge is 2.19. The highest BCUT2D eigenvalue weighted by atomic mass is 16.3. The second-order valence-corrected chi connectivity index (χ2v) is 5.71.